The van der Waals surface area contributed by atoms with Gasteiger partial charge in [0.25, 0.3) is 0 Å². The summed E-state index contributed by atoms with van der Waals surface area (Å²) in [7, 11) is -3.44. The second-order valence-corrected chi connectivity index (χ2v) is 5.42. The Morgan fingerprint density at radius 1 is 1.44 bits per heavy atom. The first kappa shape index (κ1) is 15.3. The first-order chi connectivity index (χ1) is 7.41. The fourth-order valence-corrected chi connectivity index (χ4v) is 2.66. The number of sulfonamides is 1. The van der Waals surface area contributed by atoms with Crippen molar-refractivity contribution in [2.45, 2.75) is 38.6 Å². The lowest BCUT2D eigenvalue weighted by Gasteiger charge is -2.15. The highest BCUT2D eigenvalue weighted by atomic mass is 32.2. The number of aliphatic hydroxyl groups is 1. The average molecular weight is 253 g/mol. The fourth-order valence-electron chi connectivity index (χ4n) is 1.23. The van der Waals surface area contributed by atoms with Crippen LogP contribution < -0.4 is 4.72 Å². The Kier molecular flexibility index (Phi) is 7.27. The highest BCUT2D eigenvalue weighted by Crippen LogP contribution is 2.02. The molecule has 0 bridgehead atoms. The summed E-state index contributed by atoms with van der Waals surface area (Å²) in [6.07, 6.45) is 0.908. The predicted molar refractivity (Wildman–Crippen MR) is 59.6 cm³/mol. The van der Waals surface area contributed by atoms with Crippen LogP contribution in [0.4, 0.5) is 0 Å². The minimum Gasteiger partial charge on any atom is -0.481 e. The Labute approximate surface area is 95.7 Å². The summed E-state index contributed by atoms with van der Waals surface area (Å²) < 4.78 is 25.4. The molecule has 96 valence electrons. The third-order valence-corrected chi connectivity index (χ3v) is 3.64. The maximum Gasteiger partial charge on any atom is 0.303 e. The van der Waals surface area contributed by atoms with Crippen LogP contribution in [0.1, 0.15) is 32.6 Å². The van der Waals surface area contributed by atoms with Crippen LogP contribution in [0.5, 0.6) is 0 Å². The molecule has 0 amide bonds. The van der Waals surface area contributed by atoms with E-state index in [9.17, 15) is 13.2 Å². The molecule has 0 aromatic heterocycles. The van der Waals surface area contributed by atoms with E-state index in [-0.39, 0.29) is 31.2 Å². The van der Waals surface area contributed by atoms with Gasteiger partial charge in [-0.1, -0.05) is 6.92 Å². The van der Waals surface area contributed by atoms with Gasteiger partial charge in [-0.15, -0.1) is 0 Å². The number of aliphatic carboxylic acids is 1. The van der Waals surface area contributed by atoms with Crippen LogP contribution in [0.25, 0.3) is 0 Å². The molecule has 16 heavy (non-hydrogen) atoms. The molecule has 0 aliphatic carbocycles. The van der Waals surface area contributed by atoms with Crippen molar-refractivity contribution in [1.29, 1.82) is 0 Å². The molecule has 0 spiro atoms. The number of nitrogens with one attached hydrogen (secondary N) is 1. The predicted octanol–water partition coefficient (Wildman–Crippen LogP) is -0.0684. The van der Waals surface area contributed by atoms with Crippen molar-refractivity contribution in [3.8, 4) is 0 Å². The third-order valence-electron chi connectivity index (χ3n) is 2.12. The van der Waals surface area contributed by atoms with Crippen molar-refractivity contribution < 1.29 is 23.4 Å². The Morgan fingerprint density at radius 3 is 2.50 bits per heavy atom. The zero-order valence-electron chi connectivity index (χ0n) is 9.35. The first-order valence-corrected chi connectivity index (χ1v) is 6.89. The van der Waals surface area contributed by atoms with Gasteiger partial charge in [-0.05, 0) is 19.3 Å². The first-order valence-electron chi connectivity index (χ1n) is 5.24. The molecule has 7 heteroatoms. The van der Waals surface area contributed by atoms with E-state index in [1.54, 1.807) is 0 Å². The van der Waals surface area contributed by atoms with Gasteiger partial charge >= 0.3 is 5.97 Å². The summed E-state index contributed by atoms with van der Waals surface area (Å²) in [5.41, 5.74) is 0. The molecule has 0 aromatic carbocycles. The SMILES string of the molecule is CCC(CCO)NS(=O)(=O)CCCC(=O)O. The van der Waals surface area contributed by atoms with E-state index in [0.29, 0.717) is 12.8 Å². The van der Waals surface area contributed by atoms with Crippen LogP contribution in [-0.4, -0.2) is 43.0 Å². The number of carbonyl (C=O) groups is 1. The second-order valence-electron chi connectivity index (χ2n) is 3.55. The Bertz CT molecular complexity index is 301. The van der Waals surface area contributed by atoms with Crippen LogP contribution in [0, 0.1) is 0 Å². The van der Waals surface area contributed by atoms with Gasteiger partial charge in [0.2, 0.25) is 10.0 Å². The lowest BCUT2D eigenvalue weighted by molar-refractivity contribution is -0.137. The minimum absolute atomic E-state index is 0.0733. The van der Waals surface area contributed by atoms with Crippen molar-refractivity contribution >= 4 is 16.0 Å². The van der Waals surface area contributed by atoms with Gasteiger partial charge < -0.3 is 10.2 Å². The molecular formula is C9H19NO5S. The van der Waals surface area contributed by atoms with E-state index >= 15 is 0 Å². The van der Waals surface area contributed by atoms with Crippen LogP contribution in [0.3, 0.4) is 0 Å². The van der Waals surface area contributed by atoms with E-state index in [0.717, 1.165) is 0 Å². The van der Waals surface area contributed by atoms with Gasteiger partial charge in [0.15, 0.2) is 0 Å². The molecule has 6 nitrogen and oxygen atoms in total. The molecule has 0 saturated heterocycles. The van der Waals surface area contributed by atoms with E-state index in [1.807, 2.05) is 6.92 Å². The quantitative estimate of drug-likeness (QED) is 0.533. The Balaban J connectivity index is 4.07. The molecule has 3 N–H and O–H groups in total. The fraction of sp³-hybridized carbons (Fsp3) is 0.889. The normalized spacial score (nSPS) is 13.6. The Morgan fingerprint density at radius 2 is 2.06 bits per heavy atom. The summed E-state index contributed by atoms with van der Waals surface area (Å²) in [4.78, 5) is 10.2. The highest BCUT2D eigenvalue weighted by molar-refractivity contribution is 7.89. The summed E-state index contributed by atoms with van der Waals surface area (Å²) in [5, 5.41) is 17.1. The molecule has 0 radical (unpaired) electrons. The van der Waals surface area contributed by atoms with Crippen LogP contribution >= 0.6 is 0 Å². The van der Waals surface area contributed by atoms with Crippen molar-refractivity contribution in [3.63, 3.8) is 0 Å². The lowest BCUT2D eigenvalue weighted by Crippen LogP contribution is -2.36. The molecule has 0 saturated carbocycles. The molecule has 0 heterocycles. The summed E-state index contributed by atoms with van der Waals surface area (Å²) in [5.74, 6) is -1.20. The van der Waals surface area contributed by atoms with Gasteiger partial charge in [0.05, 0.1) is 5.75 Å². The number of rotatable bonds is 9. The highest BCUT2D eigenvalue weighted by Gasteiger charge is 2.16. The van der Waals surface area contributed by atoms with Crippen molar-refractivity contribution in [2.24, 2.45) is 0 Å². The maximum atomic E-state index is 11.5. The molecule has 1 unspecified atom stereocenters. The minimum atomic E-state index is -3.44. The molecule has 1 atom stereocenters. The van der Waals surface area contributed by atoms with E-state index in [2.05, 4.69) is 4.72 Å². The van der Waals surface area contributed by atoms with Gasteiger partial charge in [-0.25, -0.2) is 13.1 Å². The van der Waals surface area contributed by atoms with Crippen LogP contribution in [-0.2, 0) is 14.8 Å². The van der Waals surface area contributed by atoms with E-state index < -0.39 is 16.0 Å². The number of aliphatic hydroxyl groups excluding tert-OH is 1. The summed E-state index contributed by atoms with van der Waals surface area (Å²) >= 11 is 0. The van der Waals surface area contributed by atoms with E-state index in [4.69, 9.17) is 10.2 Å². The molecule has 0 aromatic rings. The lowest BCUT2D eigenvalue weighted by atomic mass is 10.2. The summed E-state index contributed by atoms with van der Waals surface area (Å²) in [6, 6.07) is -0.278. The molecular weight excluding hydrogens is 234 g/mol. The van der Waals surface area contributed by atoms with Crippen molar-refractivity contribution in [2.75, 3.05) is 12.4 Å². The molecule has 0 aliphatic heterocycles. The number of carboxylic acids is 1. The van der Waals surface area contributed by atoms with Gasteiger partial charge in [-0.3, -0.25) is 4.79 Å². The molecule has 0 rings (SSSR count). The van der Waals surface area contributed by atoms with Gasteiger partial charge in [-0.2, -0.15) is 0 Å². The zero-order chi connectivity index (χ0) is 12.6. The Hall–Kier alpha value is -0.660. The maximum absolute atomic E-state index is 11.5. The van der Waals surface area contributed by atoms with Crippen molar-refractivity contribution in [3.05, 3.63) is 0 Å². The van der Waals surface area contributed by atoms with Crippen LogP contribution in [0.2, 0.25) is 0 Å². The standard InChI is InChI=1S/C9H19NO5S/c1-2-8(5-6-11)10-16(14,15)7-3-4-9(12)13/h8,10-11H,2-7H2,1H3,(H,12,13). The van der Waals surface area contributed by atoms with E-state index in [1.165, 1.54) is 0 Å². The molecule has 0 fully saturated rings. The monoisotopic (exact) mass is 253 g/mol. The topological polar surface area (TPSA) is 104 Å². The second kappa shape index (κ2) is 7.59. The van der Waals surface area contributed by atoms with Gasteiger partial charge in [0.1, 0.15) is 0 Å². The smallest absolute Gasteiger partial charge is 0.303 e. The number of hydrogen-bond acceptors (Lipinski definition) is 4. The van der Waals surface area contributed by atoms with Crippen LogP contribution in [0.15, 0.2) is 0 Å². The van der Waals surface area contributed by atoms with Gasteiger partial charge in [0, 0.05) is 19.1 Å². The largest absolute Gasteiger partial charge is 0.481 e. The average Bonchev–Trinajstić information content (AvgIpc) is 2.15. The summed E-state index contributed by atoms with van der Waals surface area (Å²) in [6.45, 7) is 1.75. The molecule has 0 aliphatic rings. The number of hydrogen-bond donors (Lipinski definition) is 3. The van der Waals surface area contributed by atoms with Crippen molar-refractivity contribution in [1.82, 2.24) is 4.72 Å². The zero-order valence-corrected chi connectivity index (χ0v) is 10.2. The third kappa shape index (κ3) is 7.61. The number of carboxylic acid groups (broad SMARTS) is 1.